The smallest absolute Gasteiger partial charge is 0.328 e. The summed E-state index contributed by atoms with van der Waals surface area (Å²) in [4.78, 5) is 29.3. The molecule has 0 N–H and O–H groups in total. The molecule has 6 heteroatoms. The van der Waals surface area contributed by atoms with E-state index in [0.717, 1.165) is 32.1 Å². The van der Waals surface area contributed by atoms with Crippen LogP contribution in [0.15, 0.2) is 40.2 Å². The zero-order valence-electron chi connectivity index (χ0n) is 19.7. The summed E-state index contributed by atoms with van der Waals surface area (Å²) in [6.07, 6.45) is 24.8. The minimum atomic E-state index is -0.279. The minimum absolute atomic E-state index is 0.235. The average Bonchev–Trinajstić information content (AvgIpc) is 3.15. The molecule has 2 aromatic heterocycles. The molecule has 0 saturated carbocycles. The number of rotatable bonds is 15. The van der Waals surface area contributed by atoms with Crippen LogP contribution in [-0.2, 0) is 20.6 Å². The zero-order chi connectivity index (χ0) is 22.5. The maximum Gasteiger partial charge on any atom is 0.332 e. The van der Waals surface area contributed by atoms with E-state index in [4.69, 9.17) is 0 Å². The second-order valence-electron chi connectivity index (χ2n) is 8.41. The van der Waals surface area contributed by atoms with Gasteiger partial charge in [-0.3, -0.25) is 13.9 Å². The summed E-state index contributed by atoms with van der Waals surface area (Å²) in [5.74, 6) is 0. The van der Waals surface area contributed by atoms with Crippen LogP contribution in [0.1, 0.15) is 84.0 Å². The second-order valence-corrected chi connectivity index (χ2v) is 8.41. The van der Waals surface area contributed by atoms with Gasteiger partial charge in [0.05, 0.1) is 6.33 Å². The molecule has 6 nitrogen and oxygen atoms in total. The van der Waals surface area contributed by atoms with E-state index < -0.39 is 0 Å². The highest BCUT2D eigenvalue weighted by molar-refractivity contribution is 5.69. The Kier molecular flexibility index (Phi) is 11.1. The number of allylic oxidation sites excluding steroid dienone is 4. The van der Waals surface area contributed by atoms with Crippen LogP contribution in [0.2, 0.25) is 0 Å². The molecule has 0 spiro atoms. The summed E-state index contributed by atoms with van der Waals surface area (Å²) in [6.45, 7) is 2.71. The maximum atomic E-state index is 12.7. The van der Waals surface area contributed by atoms with Gasteiger partial charge in [0.1, 0.15) is 0 Å². The van der Waals surface area contributed by atoms with Crippen molar-refractivity contribution in [2.45, 2.75) is 90.5 Å². The third kappa shape index (κ3) is 7.67. The Morgan fingerprint density at radius 3 is 2.13 bits per heavy atom. The highest BCUT2D eigenvalue weighted by Gasteiger charge is 2.14. The molecular formula is C25H40N4O2. The lowest BCUT2D eigenvalue weighted by molar-refractivity contribution is 0.524. The molecule has 0 radical (unpaired) electrons. The molecule has 31 heavy (non-hydrogen) atoms. The summed E-state index contributed by atoms with van der Waals surface area (Å²) in [6, 6.07) is 0. The Bertz CT molecular complexity index is 962. The van der Waals surface area contributed by atoms with Gasteiger partial charge < -0.3 is 4.57 Å². The van der Waals surface area contributed by atoms with Crippen molar-refractivity contribution < 1.29 is 0 Å². The van der Waals surface area contributed by atoms with Crippen molar-refractivity contribution in [3.05, 3.63) is 51.5 Å². The van der Waals surface area contributed by atoms with E-state index in [-0.39, 0.29) is 11.2 Å². The Labute approximate surface area is 186 Å². The molecule has 172 valence electrons. The third-order valence-corrected chi connectivity index (χ3v) is 5.78. The number of aryl methyl sites for hydroxylation is 2. The van der Waals surface area contributed by atoms with Crippen LogP contribution in [0, 0.1) is 0 Å². The van der Waals surface area contributed by atoms with E-state index in [1.807, 2.05) is 0 Å². The van der Waals surface area contributed by atoms with E-state index >= 15 is 0 Å². The van der Waals surface area contributed by atoms with Crippen molar-refractivity contribution in [3.63, 3.8) is 0 Å². The molecule has 0 saturated heterocycles. The normalized spacial score (nSPS) is 12.1. The number of hydrogen-bond acceptors (Lipinski definition) is 3. The number of hydrogen-bond donors (Lipinski definition) is 0. The highest BCUT2D eigenvalue weighted by Crippen LogP contribution is 2.09. The van der Waals surface area contributed by atoms with Crippen LogP contribution in [0.4, 0.5) is 0 Å². The average molecular weight is 429 g/mol. The summed E-state index contributed by atoms with van der Waals surface area (Å²) < 4.78 is 4.51. The Balaban J connectivity index is 1.58. The first-order chi connectivity index (χ1) is 15.1. The lowest BCUT2D eigenvalue weighted by atomic mass is 10.1. The zero-order valence-corrected chi connectivity index (χ0v) is 19.7. The molecule has 0 amide bonds. The van der Waals surface area contributed by atoms with Gasteiger partial charge in [-0.25, -0.2) is 9.78 Å². The number of nitrogens with zero attached hydrogens (tertiary/aromatic N) is 4. The first kappa shape index (κ1) is 24.9. The summed E-state index contributed by atoms with van der Waals surface area (Å²) >= 11 is 0. The van der Waals surface area contributed by atoms with E-state index in [0.29, 0.717) is 17.7 Å². The van der Waals surface area contributed by atoms with Crippen LogP contribution < -0.4 is 11.2 Å². The van der Waals surface area contributed by atoms with Gasteiger partial charge in [0, 0.05) is 20.6 Å². The largest absolute Gasteiger partial charge is 0.332 e. The summed E-state index contributed by atoms with van der Waals surface area (Å²) in [7, 11) is 3.46. The van der Waals surface area contributed by atoms with Gasteiger partial charge in [-0.15, -0.1) is 0 Å². The minimum Gasteiger partial charge on any atom is -0.328 e. The lowest BCUT2D eigenvalue weighted by Crippen LogP contribution is -2.39. The predicted molar refractivity (Wildman–Crippen MR) is 130 cm³/mol. The van der Waals surface area contributed by atoms with Gasteiger partial charge in [0.25, 0.3) is 5.56 Å². The molecule has 2 aromatic rings. The molecule has 0 aliphatic carbocycles. The number of fused-ring (bicyclic) bond motifs is 1. The highest BCUT2D eigenvalue weighted by atomic mass is 16.2. The van der Waals surface area contributed by atoms with Crippen molar-refractivity contribution in [1.82, 2.24) is 18.7 Å². The number of aromatic nitrogens is 4. The monoisotopic (exact) mass is 428 g/mol. The van der Waals surface area contributed by atoms with Crippen molar-refractivity contribution in [3.8, 4) is 0 Å². The van der Waals surface area contributed by atoms with E-state index in [1.165, 1.54) is 54.1 Å². The fourth-order valence-corrected chi connectivity index (χ4v) is 3.85. The first-order valence-corrected chi connectivity index (χ1v) is 12.0. The maximum absolute atomic E-state index is 12.7. The predicted octanol–water partition coefficient (Wildman–Crippen LogP) is 5.25. The summed E-state index contributed by atoms with van der Waals surface area (Å²) in [5, 5.41) is 0. The van der Waals surface area contributed by atoms with Crippen LogP contribution in [0.5, 0.6) is 0 Å². The molecule has 0 atom stereocenters. The van der Waals surface area contributed by atoms with Crippen molar-refractivity contribution >= 4 is 11.2 Å². The molecule has 0 fully saturated rings. The number of imidazole rings is 1. The lowest BCUT2D eigenvalue weighted by Gasteiger charge is -2.08. The molecule has 0 aromatic carbocycles. The van der Waals surface area contributed by atoms with Crippen LogP contribution in [0.3, 0.4) is 0 Å². The Morgan fingerprint density at radius 2 is 1.45 bits per heavy atom. The molecule has 0 bridgehead atoms. The van der Waals surface area contributed by atoms with Gasteiger partial charge in [0.15, 0.2) is 11.2 Å². The SMILES string of the molecule is CCCCC/C=C\C/C=C\CCCCCCCCn1c(=O)c2c(ncn2C)n(C)c1=O. The fourth-order valence-electron chi connectivity index (χ4n) is 3.85. The van der Waals surface area contributed by atoms with Crippen LogP contribution in [0.25, 0.3) is 11.2 Å². The first-order valence-electron chi connectivity index (χ1n) is 12.0. The molecule has 0 unspecified atom stereocenters. The molecule has 2 rings (SSSR count). The van der Waals surface area contributed by atoms with Crippen LogP contribution in [-0.4, -0.2) is 18.7 Å². The second kappa shape index (κ2) is 13.8. The van der Waals surface area contributed by atoms with E-state index in [9.17, 15) is 9.59 Å². The van der Waals surface area contributed by atoms with Crippen LogP contribution >= 0.6 is 0 Å². The van der Waals surface area contributed by atoms with Gasteiger partial charge in [0.2, 0.25) is 0 Å². The standard InChI is InChI=1S/C25H40N4O2/c1-4-5-6-7-8-9-10-11-12-13-14-15-16-17-18-19-20-29-24(30)22-23(26-21-27(22)2)28(3)25(29)31/h8-9,11-12,21H,4-7,10,13-20H2,1-3H3/b9-8-,12-11-. The van der Waals surface area contributed by atoms with Gasteiger partial charge in [-0.2, -0.15) is 0 Å². The van der Waals surface area contributed by atoms with Gasteiger partial charge in [-0.1, -0.05) is 69.8 Å². The van der Waals surface area contributed by atoms with Crippen molar-refractivity contribution in [1.29, 1.82) is 0 Å². The Hall–Kier alpha value is -2.37. The third-order valence-electron chi connectivity index (χ3n) is 5.78. The quantitative estimate of drug-likeness (QED) is 0.288. The molecule has 0 aliphatic heterocycles. The van der Waals surface area contributed by atoms with Crippen molar-refractivity contribution in [2.75, 3.05) is 0 Å². The topological polar surface area (TPSA) is 61.8 Å². The van der Waals surface area contributed by atoms with Crippen molar-refractivity contribution in [2.24, 2.45) is 14.1 Å². The van der Waals surface area contributed by atoms with E-state index in [2.05, 4.69) is 36.2 Å². The fraction of sp³-hybridized carbons (Fsp3) is 0.640. The van der Waals surface area contributed by atoms with E-state index in [1.54, 1.807) is 25.0 Å². The number of unbranched alkanes of at least 4 members (excludes halogenated alkanes) is 9. The molecule has 0 aliphatic rings. The summed E-state index contributed by atoms with van der Waals surface area (Å²) in [5.41, 5.74) is 0.424. The Morgan fingerprint density at radius 1 is 0.839 bits per heavy atom. The van der Waals surface area contributed by atoms with Gasteiger partial charge in [-0.05, 0) is 38.5 Å². The van der Waals surface area contributed by atoms with Gasteiger partial charge >= 0.3 is 5.69 Å². The molecular weight excluding hydrogens is 388 g/mol. The molecule has 2 heterocycles.